The molecular weight excluding hydrogens is 322 g/mol. The van der Waals surface area contributed by atoms with E-state index < -0.39 is 0 Å². The number of nitrogens with zero attached hydrogens (tertiary/aromatic N) is 3. The largest absolute Gasteiger partial charge is 0.461 e. The molecule has 1 aromatic carbocycles. The van der Waals surface area contributed by atoms with E-state index >= 15 is 0 Å². The van der Waals surface area contributed by atoms with Gasteiger partial charge in [0.1, 0.15) is 6.61 Å². The van der Waals surface area contributed by atoms with Crippen molar-refractivity contribution in [3.05, 3.63) is 52.3 Å². The van der Waals surface area contributed by atoms with Crippen LogP contribution in [-0.4, -0.2) is 22.2 Å². The third kappa shape index (κ3) is 4.80. The average Bonchev–Trinajstić information content (AvgIpc) is 2.59. The molecule has 0 aliphatic heterocycles. The molecule has 0 amide bonds. The van der Waals surface area contributed by atoms with Crippen LogP contribution in [0.5, 0.6) is 0 Å². The van der Waals surface area contributed by atoms with E-state index in [-0.39, 0.29) is 12.6 Å². The molecule has 1 aromatic heterocycles. The van der Waals surface area contributed by atoms with E-state index in [9.17, 15) is 4.79 Å². The number of ether oxygens (including phenoxy) is 1. The van der Waals surface area contributed by atoms with Crippen molar-refractivity contribution in [3.63, 3.8) is 0 Å². The molecule has 24 heavy (non-hydrogen) atoms. The number of rotatable bonds is 6. The highest BCUT2D eigenvalue weighted by molar-refractivity contribution is 7.98. The number of hydrogen-bond acceptors (Lipinski definition) is 6. The number of esters is 1. The lowest BCUT2D eigenvalue weighted by atomic mass is 10.1. The smallest absolute Gasteiger partial charge is 0.306 e. The lowest BCUT2D eigenvalue weighted by molar-refractivity contribution is -0.144. The molecule has 0 saturated carbocycles. The van der Waals surface area contributed by atoms with Crippen LogP contribution in [0.1, 0.15) is 34.5 Å². The molecule has 0 unspecified atom stereocenters. The lowest BCUT2D eigenvalue weighted by Gasteiger charge is -2.10. The Balaban J connectivity index is 1.88. The van der Waals surface area contributed by atoms with Crippen molar-refractivity contribution in [1.29, 1.82) is 5.26 Å². The second kappa shape index (κ2) is 8.46. The van der Waals surface area contributed by atoms with Gasteiger partial charge >= 0.3 is 5.97 Å². The van der Waals surface area contributed by atoms with Crippen LogP contribution in [0.3, 0.4) is 0 Å². The Labute approximate surface area is 146 Å². The number of hydrogen-bond donors (Lipinski definition) is 0. The summed E-state index contributed by atoms with van der Waals surface area (Å²) < 4.78 is 5.28. The molecule has 0 aliphatic rings. The summed E-state index contributed by atoms with van der Waals surface area (Å²) in [5.41, 5.74) is 4.27. The van der Waals surface area contributed by atoms with Gasteiger partial charge in [-0.15, -0.1) is 0 Å². The normalized spacial score (nSPS) is 10.2. The molecule has 6 heteroatoms. The molecule has 0 N–H and O–H groups in total. The first-order valence-corrected chi connectivity index (χ1v) is 8.78. The zero-order valence-electron chi connectivity index (χ0n) is 14.0. The summed E-state index contributed by atoms with van der Waals surface area (Å²) in [6, 6.07) is 9.05. The first-order chi connectivity index (χ1) is 11.5. The van der Waals surface area contributed by atoms with Crippen molar-refractivity contribution in [2.45, 2.75) is 38.5 Å². The maximum absolute atomic E-state index is 11.9. The summed E-state index contributed by atoms with van der Waals surface area (Å²) in [6.45, 7) is 4.09. The van der Waals surface area contributed by atoms with E-state index in [1.807, 2.05) is 20.1 Å². The van der Waals surface area contributed by atoms with Crippen molar-refractivity contribution < 1.29 is 9.53 Å². The summed E-state index contributed by atoms with van der Waals surface area (Å²) in [7, 11) is 0. The molecule has 0 bridgehead atoms. The first-order valence-electron chi connectivity index (χ1n) is 7.56. The molecule has 0 fully saturated rings. The van der Waals surface area contributed by atoms with Gasteiger partial charge < -0.3 is 4.74 Å². The van der Waals surface area contributed by atoms with E-state index in [0.29, 0.717) is 18.4 Å². The van der Waals surface area contributed by atoms with E-state index in [0.717, 1.165) is 27.7 Å². The molecule has 0 aliphatic carbocycles. The second-order valence-electron chi connectivity index (χ2n) is 5.33. The maximum Gasteiger partial charge on any atom is 0.306 e. The number of nitriles is 1. The summed E-state index contributed by atoms with van der Waals surface area (Å²) in [5.74, 6) is -0.257. The van der Waals surface area contributed by atoms with Gasteiger partial charge in [-0.2, -0.15) is 5.26 Å². The predicted octanol–water partition coefficient (Wildman–Crippen LogP) is 3.36. The summed E-state index contributed by atoms with van der Waals surface area (Å²) in [4.78, 5) is 20.8. The van der Waals surface area contributed by atoms with Gasteiger partial charge in [-0.25, -0.2) is 9.97 Å². The van der Waals surface area contributed by atoms with E-state index in [1.54, 1.807) is 24.3 Å². The highest BCUT2D eigenvalue weighted by Gasteiger charge is 2.11. The van der Waals surface area contributed by atoms with Gasteiger partial charge in [0, 0.05) is 17.8 Å². The third-order valence-electron chi connectivity index (χ3n) is 3.64. The Kier molecular flexibility index (Phi) is 6.33. The van der Waals surface area contributed by atoms with Crippen LogP contribution in [0.25, 0.3) is 0 Å². The molecule has 124 valence electrons. The molecule has 0 radical (unpaired) electrons. The minimum absolute atomic E-state index is 0.213. The number of benzene rings is 1. The van der Waals surface area contributed by atoms with Gasteiger partial charge in [0.15, 0.2) is 5.16 Å². The lowest BCUT2D eigenvalue weighted by Crippen LogP contribution is -2.09. The third-order valence-corrected chi connectivity index (χ3v) is 4.19. The highest BCUT2D eigenvalue weighted by Crippen LogP contribution is 2.17. The van der Waals surface area contributed by atoms with E-state index in [4.69, 9.17) is 10.00 Å². The van der Waals surface area contributed by atoms with Crippen molar-refractivity contribution in [1.82, 2.24) is 9.97 Å². The zero-order chi connectivity index (χ0) is 17.5. The van der Waals surface area contributed by atoms with Crippen LogP contribution in [0.15, 0.2) is 29.4 Å². The minimum atomic E-state index is -0.257. The van der Waals surface area contributed by atoms with Gasteiger partial charge in [-0.05, 0) is 49.8 Å². The van der Waals surface area contributed by atoms with Gasteiger partial charge in [0.2, 0.25) is 0 Å². The summed E-state index contributed by atoms with van der Waals surface area (Å²) in [6.07, 6.45) is 2.80. The van der Waals surface area contributed by atoms with E-state index in [1.165, 1.54) is 11.8 Å². The fourth-order valence-corrected chi connectivity index (χ4v) is 2.76. The van der Waals surface area contributed by atoms with Crippen LogP contribution < -0.4 is 0 Å². The zero-order valence-corrected chi connectivity index (χ0v) is 14.8. The Morgan fingerprint density at radius 1 is 1.21 bits per heavy atom. The molecule has 2 rings (SSSR count). The Hall–Kier alpha value is -2.39. The monoisotopic (exact) mass is 341 g/mol. The van der Waals surface area contributed by atoms with Crippen LogP contribution >= 0.6 is 11.8 Å². The number of thioether (sulfide) groups is 1. The molecule has 2 aromatic rings. The molecule has 0 saturated heterocycles. The van der Waals surface area contributed by atoms with Crippen molar-refractivity contribution >= 4 is 17.7 Å². The maximum atomic E-state index is 11.9. The number of carbonyl (C=O) groups is 1. The number of aromatic nitrogens is 2. The number of carbonyl (C=O) groups excluding carboxylic acids is 1. The fraction of sp³-hybridized carbons (Fsp3) is 0.333. The number of aryl methyl sites for hydroxylation is 2. The van der Waals surface area contributed by atoms with Crippen molar-refractivity contribution in [2.24, 2.45) is 0 Å². The van der Waals surface area contributed by atoms with Crippen LogP contribution in [0.2, 0.25) is 0 Å². The van der Waals surface area contributed by atoms with Crippen molar-refractivity contribution in [3.8, 4) is 6.07 Å². The van der Waals surface area contributed by atoms with Crippen LogP contribution in [0, 0.1) is 25.2 Å². The topological polar surface area (TPSA) is 75.9 Å². The molecule has 1 heterocycles. The second-order valence-corrected chi connectivity index (χ2v) is 6.10. The van der Waals surface area contributed by atoms with Crippen LogP contribution in [-0.2, 0) is 22.6 Å². The standard InChI is InChI=1S/C18H19N3O2S/c1-12-16(13(2)21-18(20-12)24-3)8-9-17(22)23-11-15-6-4-14(10-19)5-7-15/h4-7H,8-9,11H2,1-3H3. The van der Waals surface area contributed by atoms with Gasteiger partial charge in [0.05, 0.1) is 11.6 Å². The average molecular weight is 341 g/mol. The SMILES string of the molecule is CSc1nc(C)c(CCC(=O)OCc2ccc(C#N)cc2)c(C)n1. The fourth-order valence-electron chi connectivity index (χ4n) is 2.30. The Morgan fingerprint density at radius 2 is 1.83 bits per heavy atom. The predicted molar refractivity (Wildman–Crippen MR) is 92.6 cm³/mol. The molecule has 0 spiro atoms. The summed E-state index contributed by atoms with van der Waals surface area (Å²) in [5, 5.41) is 9.50. The Bertz CT molecular complexity index is 744. The molecule has 5 nitrogen and oxygen atoms in total. The van der Waals surface area contributed by atoms with Gasteiger partial charge in [-0.1, -0.05) is 23.9 Å². The highest BCUT2D eigenvalue weighted by atomic mass is 32.2. The minimum Gasteiger partial charge on any atom is -0.461 e. The van der Waals surface area contributed by atoms with Gasteiger partial charge in [0.25, 0.3) is 0 Å². The first kappa shape index (κ1) is 18.0. The summed E-state index contributed by atoms with van der Waals surface area (Å²) >= 11 is 1.50. The Morgan fingerprint density at radius 3 is 2.38 bits per heavy atom. The molecular formula is C18H19N3O2S. The van der Waals surface area contributed by atoms with Gasteiger partial charge in [-0.3, -0.25) is 4.79 Å². The quantitative estimate of drug-likeness (QED) is 0.455. The van der Waals surface area contributed by atoms with Crippen molar-refractivity contribution in [2.75, 3.05) is 6.26 Å². The molecule has 0 atom stereocenters. The van der Waals surface area contributed by atoms with Crippen LogP contribution in [0.4, 0.5) is 0 Å². The van der Waals surface area contributed by atoms with E-state index in [2.05, 4.69) is 16.0 Å².